The van der Waals surface area contributed by atoms with E-state index in [1.165, 1.54) is 18.2 Å². The monoisotopic (exact) mass is 343 g/mol. The van der Waals surface area contributed by atoms with E-state index in [9.17, 15) is 17.6 Å². The van der Waals surface area contributed by atoms with E-state index < -0.39 is 17.6 Å². The molecule has 0 aliphatic heterocycles. The SMILES string of the molecule is CCc1ccc(C(F)(F)F)c(SCc2c(F)cccc2NC)c1. The Hall–Kier alpha value is -1.69. The highest BCUT2D eigenvalue weighted by atomic mass is 32.2. The van der Waals surface area contributed by atoms with Crippen LogP contribution in [0.2, 0.25) is 0 Å². The molecule has 23 heavy (non-hydrogen) atoms. The van der Waals surface area contributed by atoms with Gasteiger partial charge in [-0.25, -0.2) is 4.39 Å². The van der Waals surface area contributed by atoms with Crippen LogP contribution in [0, 0.1) is 5.82 Å². The van der Waals surface area contributed by atoms with Gasteiger partial charge in [0, 0.05) is 28.9 Å². The molecule has 0 saturated heterocycles. The molecule has 0 heterocycles. The lowest BCUT2D eigenvalue weighted by Gasteiger charge is -2.15. The van der Waals surface area contributed by atoms with Gasteiger partial charge < -0.3 is 5.32 Å². The Morgan fingerprint density at radius 1 is 1.13 bits per heavy atom. The lowest BCUT2D eigenvalue weighted by atomic mass is 10.1. The summed E-state index contributed by atoms with van der Waals surface area (Å²) < 4.78 is 53.3. The number of hydrogen-bond acceptors (Lipinski definition) is 2. The molecule has 6 heteroatoms. The molecule has 0 atom stereocenters. The van der Waals surface area contributed by atoms with Gasteiger partial charge in [-0.3, -0.25) is 0 Å². The van der Waals surface area contributed by atoms with Gasteiger partial charge in [0.1, 0.15) is 5.82 Å². The first kappa shape index (κ1) is 17.7. The van der Waals surface area contributed by atoms with Crippen LogP contribution in [-0.4, -0.2) is 7.05 Å². The largest absolute Gasteiger partial charge is 0.417 e. The van der Waals surface area contributed by atoms with Crippen molar-refractivity contribution in [1.82, 2.24) is 0 Å². The van der Waals surface area contributed by atoms with Crippen LogP contribution in [0.5, 0.6) is 0 Å². The van der Waals surface area contributed by atoms with Crippen LogP contribution < -0.4 is 5.32 Å². The van der Waals surface area contributed by atoms with E-state index in [1.807, 2.05) is 6.92 Å². The van der Waals surface area contributed by atoms with E-state index in [1.54, 1.807) is 19.2 Å². The van der Waals surface area contributed by atoms with Crippen molar-refractivity contribution in [2.45, 2.75) is 30.2 Å². The smallest absolute Gasteiger partial charge is 0.388 e. The number of benzene rings is 2. The highest BCUT2D eigenvalue weighted by Crippen LogP contribution is 2.39. The minimum Gasteiger partial charge on any atom is -0.388 e. The van der Waals surface area contributed by atoms with Crippen molar-refractivity contribution < 1.29 is 17.6 Å². The molecule has 0 fully saturated rings. The zero-order chi connectivity index (χ0) is 17.0. The summed E-state index contributed by atoms with van der Waals surface area (Å²) in [5.41, 5.74) is 1.10. The molecule has 0 aromatic heterocycles. The van der Waals surface area contributed by atoms with Crippen molar-refractivity contribution in [2.75, 3.05) is 12.4 Å². The van der Waals surface area contributed by atoms with Gasteiger partial charge >= 0.3 is 6.18 Å². The molecule has 0 amide bonds. The highest BCUT2D eigenvalue weighted by molar-refractivity contribution is 7.98. The number of hydrogen-bond donors (Lipinski definition) is 1. The van der Waals surface area contributed by atoms with Crippen molar-refractivity contribution >= 4 is 17.4 Å². The molecule has 2 rings (SSSR count). The molecule has 0 aliphatic carbocycles. The summed E-state index contributed by atoms with van der Waals surface area (Å²) in [5, 5.41) is 2.86. The zero-order valence-corrected chi connectivity index (χ0v) is 13.6. The number of rotatable bonds is 5. The number of alkyl halides is 3. The summed E-state index contributed by atoms with van der Waals surface area (Å²) in [6.45, 7) is 1.88. The van der Waals surface area contributed by atoms with Crippen LogP contribution in [0.4, 0.5) is 23.2 Å². The van der Waals surface area contributed by atoms with Gasteiger partial charge in [-0.05, 0) is 36.2 Å². The molecule has 0 aliphatic rings. The minimum absolute atomic E-state index is 0.124. The standard InChI is InChI=1S/C17H17F4NS/c1-3-11-7-8-13(17(19,20)21)16(9-11)23-10-12-14(18)5-4-6-15(12)22-2/h4-9,22H,3,10H2,1-2H3. The zero-order valence-electron chi connectivity index (χ0n) is 12.8. The van der Waals surface area contributed by atoms with E-state index in [-0.39, 0.29) is 10.6 Å². The number of nitrogens with one attached hydrogen (secondary N) is 1. The Morgan fingerprint density at radius 3 is 2.48 bits per heavy atom. The van der Waals surface area contributed by atoms with Crippen LogP contribution in [-0.2, 0) is 18.3 Å². The molecule has 1 N–H and O–H groups in total. The summed E-state index contributed by atoms with van der Waals surface area (Å²) in [6, 6.07) is 8.69. The van der Waals surface area contributed by atoms with Crippen LogP contribution in [0.15, 0.2) is 41.3 Å². The first-order valence-electron chi connectivity index (χ1n) is 7.14. The second-order valence-corrected chi connectivity index (χ2v) is 6.00. The van der Waals surface area contributed by atoms with Crippen LogP contribution in [0.25, 0.3) is 0 Å². The van der Waals surface area contributed by atoms with Crippen molar-refractivity contribution in [3.05, 3.63) is 58.9 Å². The average molecular weight is 343 g/mol. The maximum Gasteiger partial charge on any atom is 0.417 e. The third kappa shape index (κ3) is 4.19. The summed E-state index contributed by atoms with van der Waals surface area (Å²) >= 11 is 1.00. The fraction of sp³-hybridized carbons (Fsp3) is 0.294. The first-order valence-corrected chi connectivity index (χ1v) is 8.13. The quantitative estimate of drug-likeness (QED) is 0.549. The Balaban J connectivity index is 2.33. The Labute approximate surface area is 137 Å². The van der Waals surface area contributed by atoms with Gasteiger partial charge in [0.25, 0.3) is 0 Å². The summed E-state index contributed by atoms with van der Waals surface area (Å²) in [6.07, 6.45) is -3.77. The third-order valence-corrected chi connectivity index (χ3v) is 4.60. The van der Waals surface area contributed by atoms with Gasteiger partial charge in [-0.2, -0.15) is 13.2 Å². The van der Waals surface area contributed by atoms with Crippen molar-refractivity contribution in [3.8, 4) is 0 Å². The third-order valence-electron chi connectivity index (χ3n) is 3.52. The van der Waals surface area contributed by atoms with E-state index in [4.69, 9.17) is 0 Å². The van der Waals surface area contributed by atoms with Gasteiger partial charge in [0.05, 0.1) is 5.56 Å². The van der Waals surface area contributed by atoms with Crippen LogP contribution >= 0.6 is 11.8 Å². The molecule has 124 valence electrons. The minimum atomic E-state index is -4.42. The Kier molecular flexibility index (Phi) is 5.57. The van der Waals surface area contributed by atoms with E-state index in [0.717, 1.165) is 23.4 Å². The van der Waals surface area contributed by atoms with E-state index in [2.05, 4.69) is 5.32 Å². The number of aryl methyl sites for hydroxylation is 1. The fourth-order valence-corrected chi connectivity index (χ4v) is 3.40. The van der Waals surface area contributed by atoms with Gasteiger partial charge in [0.2, 0.25) is 0 Å². The molecular weight excluding hydrogens is 326 g/mol. The fourth-order valence-electron chi connectivity index (χ4n) is 2.23. The molecule has 0 bridgehead atoms. The van der Waals surface area contributed by atoms with Crippen LogP contribution in [0.3, 0.4) is 0 Å². The average Bonchev–Trinajstić information content (AvgIpc) is 2.52. The second-order valence-electron chi connectivity index (χ2n) is 4.99. The predicted molar refractivity (Wildman–Crippen MR) is 86.3 cm³/mol. The molecule has 0 saturated carbocycles. The molecule has 0 unspecified atom stereocenters. The number of thioether (sulfide) groups is 1. The lowest BCUT2D eigenvalue weighted by Crippen LogP contribution is -2.07. The number of anilines is 1. The van der Waals surface area contributed by atoms with Gasteiger partial charge in [-0.1, -0.05) is 19.1 Å². The van der Waals surface area contributed by atoms with Crippen molar-refractivity contribution in [3.63, 3.8) is 0 Å². The molecule has 2 aromatic rings. The highest BCUT2D eigenvalue weighted by Gasteiger charge is 2.33. The maximum atomic E-state index is 13.9. The molecule has 2 aromatic carbocycles. The molecule has 0 spiro atoms. The van der Waals surface area contributed by atoms with E-state index in [0.29, 0.717) is 17.7 Å². The lowest BCUT2D eigenvalue weighted by molar-refractivity contribution is -0.139. The maximum absolute atomic E-state index is 13.9. The first-order chi connectivity index (χ1) is 10.9. The van der Waals surface area contributed by atoms with Gasteiger partial charge in [0.15, 0.2) is 0 Å². The summed E-state index contributed by atoms with van der Waals surface area (Å²) in [5.74, 6) is -0.302. The van der Waals surface area contributed by atoms with E-state index >= 15 is 0 Å². The van der Waals surface area contributed by atoms with Crippen molar-refractivity contribution in [2.24, 2.45) is 0 Å². The summed E-state index contributed by atoms with van der Waals surface area (Å²) in [4.78, 5) is 0.127. The normalized spacial score (nSPS) is 11.6. The van der Waals surface area contributed by atoms with Crippen molar-refractivity contribution in [1.29, 1.82) is 0 Å². The molecule has 0 radical (unpaired) electrons. The Bertz CT molecular complexity index is 683. The number of halogens is 4. The van der Waals surface area contributed by atoms with Crippen LogP contribution in [0.1, 0.15) is 23.6 Å². The topological polar surface area (TPSA) is 12.0 Å². The molecular formula is C17H17F4NS. The Morgan fingerprint density at radius 2 is 1.87 bits per heavy atom. The summed E-state index contributed by atoms with van der Waals surface area (Å²) in [7, 11) is 1.65. The predicted octanol–water partition coefficient (Wildman–Crippen LogP) is 5.74. The molecule has 1 nitrogen and oxygen atoms in total. The van der Waals surface area contributed by atoms with Gasteiger partial charge in [-0.15, -0.1) is 11.8 Å². The second kappa shape index (κ2) is 7.25.